The first kappa shape index (κ1) is 8.01. The van der Waals surface area contributed by atoms with Crippen LogP contribution in [0, 0.1) is 0 Å². The Morgan fingerprint density at radius 1 is 1.23 bits per heavy atom. The van der Waals surface area contributed by atoms with Gasteiger partial charge in [-0.25, -0.2) is 0 Å². The molecule has 2 aromatic rings. The van der Waals surface area contributed by atoms with Gasteiger partial charge in [0, 0.05) is 35.4 Å². The summed E-state index contributed by atoms with van der Waals surface area (Å²) in [5.74, 6) is 0. The zero-order chi connectivity index (χ0) is 9.26. The van der Waals surface area contributed by atoms with Crippen LogP contribution in [-0.4, -0.2) is 4.98 Å². The largest absolute Gasteiger partial charge is 0.398 e. The van der Waals surface area contributed by atoms with E-state index in [1.165, 1.54) is 0 Å². The molecule has 3 heteroatoms. The van der Waals surface area contributed by atoms with Gasteiger partial charge in [-0.1, -0.05) is 12.1 Å². The molecule has 1 aromatic carbocycles. The van der Waals surface area contributed by atoms with Crippen molar-refractivity contribution in [2.75, 3.05) is 5.73 Å². The second-order valence-corrected chi connectivity index (χ2v) is 2.94. The number of nitrogens with two attached hydrogens (primary N) is 2. The highest BCUT2D eigenvalue weighted by Gasteiger charge is 2.01. The Morgan fingerprint density at radius 3 is 2.85 bits per heavy atom. The van der Waals surface area contributed by atoms with Gasteiger partial charge in [-0.15, -0.1) is 0 Å². The third-order valence-corrected chi connectivity index (χ3v) is 2.17. The van der Waals surface area contributed by atoms with E-state index in [4.69, 9.17) is 11.5 Å². The van der Waals surface area contributed by atoms with E-state index in [0.29, 0.717) is 6.54 Å². The van der Waals surface area contributed by atoms with E-state index >= 15 is 0 Å². The number of hydrogen-bond donors (Lipinski definition) is 2. The third kappa shape index (κ3) is 1.23. The monoisotopic (exact) mass is 173 g/mol. The molecule has 0 fully saturated rings. The van der Waals surface area contributed by atoms with Gasteiger partial charge in [-0.3, -0.25) is 4.98 Å². The number of pyridine rings is 1. The Kier molecular flexibility index (Phi) is 1.87. The molecule has 0 aliphatic carbocycles. The molecular weight excluding hydrogens is 162 g/mol. The Balaban J connectivity index is 2.79. The minimum atomic E-state index is 0.476. The summed E-state index contributed by atoms with van der Waals surface area (Å²) in [4.78, 5) is 4.02. The second-order valence-electron chi connectivity index (χ2n) is 2.94. The first-order chi connectivity index (χ1) is 6.33. The van der Waals surface area contributed by atoms with Crippen LogP contribution >= 0.6 is 0 Å². The summed E-state index contributed by atoms with van der Waals surface area (Å²) in [6.45, 7) is 0.476. The van der Waals surface area contributed by atoms with Crippen LogP contribution in [0.2, 0.25) is 0 Å². The SMILES string of the molecule is NCc1ccc2cnccc2c1N. The van der Waals surface area contributed by atoms with Gasteiger partial charge in [0.25, 0.3) is 0 Å². The fraction of sp³-hybridized carbons (Fsp3) is 0.100. The van der Waals surface area contributed by atoms with Gasteiger partial charge in [0.1, 0.15) is 0 Å². The third-order valence-electron chi connectivity index (χ3n) is 2.17. The molecule has 0 atom stereocenters. The van der Waals surface area contributed by atoms with Crippen LogP contribution < -0.4 is 11.5 Å². The van der Waals surface area contributed by atoms with Crippen molar-refractivity contribution in [1.82, 2.24) is 4.98 Å². The molecular formula is C10H11N3. The van der Waals surface area contributed by atoms with Crippen molar-refractivity contribution < 1.29 is 0 Å². The molecule has 0 saturated heterocycles. The van der Waals surface area contributed by atoms with Crippen LogP contribution in [0.3, 0.4) is 0 Å². The molecule has 0 aliphatic rings. The highest BCUT2D eigenvalue weighted by Crippen LogP contribution is 2.23. The molecule has 0 saturated carbocycles. The molecule has 2 rings (SSSR count). The molecule has 13 heavy (non-hydrogen) atoms. The smallest absolute Gasteiger partial charge is 0.0440 e. The number of nitrogens with zero attached hydrogens (tertiary/aromatic N) is 1. The lowest BCUT2D eigenvalue weighted by Crippen LogP contribution is -2.01. The number of fused-ring (bicyclic) bond motifs is 1. The first-order valence-electron chi connectivity index (χ1n) is 4.14. The van der Waals surface area contributed by atoms with E-state index in [9.17, 15) is 0 Å². The number of hydrogen-bond acceptors (Lipinski definition) is 3. The fourth-order valence-corrected chi connectivity index (χ4v) is 1.42. The molecule has 0 aliphatic heterocycles. The summed E-state index contributed by atoms with van der Waals surface area (Å²) in [6, 6.07) is 5.84. The van der Waals surface area contributed by atoms with Crippen molar-refractivity contribution in [3.05, 3.63) is 36.2 Å². The maximum absolute atomic E-state index is 5.92. The van der Waals surface area contributed by atoms with E-state index in [-0.39, 0.29) is 0 Å². The highest BCUT2D eigenvalue weighted by molar-refractivity contribution is 5.93. The molecule has 0 amide bonds. The van der Waals surface area contributed by atoms with Crippen LogP contribution in [0.5, 0.6) is 0 Å². The lowest BCUT2D eigenvalue weighted by molar-refractivity contribution is 1.08. The fourth-order valence-electron chi connectivity index (χ4n) is 1.42. The number of aromatic nitrogens is 1. The Labute approximate surface area is 76.4 Å². The van der Waals surface area contributed by atoms with E-state index in [1.807, 2.05) is 18.2 Å². The topological polar surface area (TPSA) is 64.9 Å². The summed E-state index contributed by atoms with van der Waals surface area (Å²) >= 11 is 0. The molecule has 3 nitrogen and oxygen atoms in total. The van der Waals surface area contributed by atoms with Crippen LogP contribution in [0.25, 0.3) is 10.8 Å². The maximum Gasteiger partial charge on any atom is 0.0440 e. The van der Waals surface area contributed by atoms with Gasteiger partial charge >= 0.3 is 0 Å². The summed E-state index contributed by atoms with van der Waals surface area (Å²) < 4.78 is 0. The van der Waals surface area contributed by atoms with Crippen molar-refractivity contribution in [1.29, 1.82) is 0 Å². The highest BCUT2D eigenvalue weighted by atomic mass is 14.6. The molecule has 1 heterocycles. The Bertz CT molecular complexity index is 437. The summed E-state index contributed by atoms with van der Waals surface area (Å²) in [5, 5.41) is 2.08. The average molecular weight is 173 g/mol. The second kappa shape index (κ2) is 3.03. The number of rotatable bonds is 1. The van der Waals surface area contributed by atoms with Gasteiger partial charge in [0.05, 0.1) is 0 Å². The van der Waals surface area contributed by atoms with Crippen molar-refractivity contribution in [3.63, 3.8) is 0 Å². The molecule has 4 N–H and O–H groups in total. The van der Waals surface area contributed by atoms with E-state index < -0.39 is 0 Å². The molecule has 0 spiro atoms. The van der Waals surface area contributed by atoms with Crippen LogP contribution in [0.15, 0.2) is 30.6 Å². The predicted molar refractivity (Wildman–Crippen MR) is 54.0 cm³/mol. The number of benzene rings is 1. The van der Waals surface area contributed by atoms with Gasteiger partial charge < -0.3 is 11.5 Å². The zero-order valence-corrected chi connectivity index (χ0v) is 7.20. The molecule has 0 bridgehead atoms. The van der Waals surface area contributed by atoms with E-state index in [0.717, 1.165) is 22.0 Å². The van der Waals surface area contributed by atoms with Crippen molar-refractivity contribution in [2.24, 2.45) is 5.73 Å². The van der Waals surface area contributed by atoms with Gasteiger partial charge in [-0.05, 0) is 11.6 Å². The molecule has 0 unspecified atom stereocenters. The van der Waals surface area contributed by atoms with E-state index in [1.54, 1.807) is 12.4 Å². The van der Waals surface area contributed by atoms with Crippen molar-refractivity contribution in [3.8, 4) is 0 Å². The van der Waals surface area contributed by atoms with E-state index in [2.05, 4.69) is 4.98 Å². The molecule has 1 aromatic heterocycles. The Morgan fingerprint density at radius 2 is 2.08 bits per heavy atom. The molecule has 0 radical (unpaired) electrons. The summed E-state index contributed by atoms with van der Waals surface area (Å²) in [5.41, 5.74) is 13.2. The van der Waals surface area contributed by atoms with Crippen molar-refractivity contribution in [2.45, 2.75) is 6.54 Å². The maximum atomic E-state index is 5.92. The zero-order valence-electron chi connectivity index (χ0n) is 7.20. The lowest BCUT2D eigenvalue weighted by Gasteiger charge is -2.05. The normalized spacial score (nSPS) is 10.5. The van der Waals surface area contributed by atoms with Crippen LogP contribution in [0.1, 0.15) is 5.56 Å². The standard InChI is InChI=1S/C10H11N3/c11-5-7-1-2-8-6-13-4-3-9(8)10(7)12/h1-4,6H,5,11-12H2. The average Bonchev–Trinajstić information content (AvgIpc) is 2.19. The Hall–Kier alpha value is -1.61. The van der Waals surface area contributed by atoms with Gasteiger partial charge in [0.2, 0.25) is 0 Å². The summed E-state index contributed by atoms with van der Waals surface area (Å²) in [7, 11) is 0. The predicted octanol–water partition coefficient (Wildman–Crippen LogP) is 1.28. The lowest BCUT2D eigenvalue weighted by atomic mass is 10.1. The van der Waals surface area contributed by atoms with Crippen LogP contribution in [-0.2, 0) is 6.54 Å². The molecule has 66 valence electrons. The van der Waals surface area contributed by atoms with Gasteiger partial charge in [0.15, 0.2) is 0 Å². The van der Waals surface area contributed by atoms with Gasteiger partial charge in [-0.2, -0.15) is 0 Å². The van der Waals surface area contributed by atoms with Crippen molar-refractivity contribution >= 4 is 16.5 Å². The first-order valence-corrected chi connectivity index (χ1v) is 4.14. The minimum Gasteiger partial charge on any atom is -0.398 e. The number of nitrogen functional groups attached to an aromatic ring is 1. The number of anilines is 1. The minimum absolute atomic E-state index is 0.476. The van der Waals surface area contributed by atoms with Crippen LogP contribution in [0.4, 0.5) is 5.69 Å². The summed E-state index contributed by atoms with van der Waals surface area (Å²) in [6.07, 6.45) is 3.53. The quantitative estimate of drug-likeness (QED) is 0.638.